The summed E-state index contributed by atoms with van der Waals surface area (Å²) in [7, 11) is 1.66. The molecular formula is C23H27N3O2. The maximum atomic E-state index is 10.2. The van der Waals surface area contributed by atoms with Crippen molar-refractivity contribution in [1.82, 2.24) is 15.3 Å². The van der Waals surface area contributed by atoms with Crippen LogP contribution in [0, 0.1) is 0 Å². The van der Waals surface area contributed by atoms with Crippen molar-refractivity contribution in [2.75, 3.05) is 7.11 Å². The fourth-order valence-electron chi connectivity index (χ4n) is 4.02. The fraction of sp³-hybridized carbons (Fsp3) is 0.391. The molecular weight excluding hydrogens is 350 g/mol. The Morgan fingerprint density at radius 3 is 2.86 bits per heavy atom. The Balaban J connectivity index is 1.59. The molecule has 1 fully saturated rings. The van der Waals surface area contributed by atoms with E-state index in [0.717, 1.165) is 53.6 Å². The summed E-state index contributed by atoms with van der Waals surface area (Å²) < 4.78 is 5.31. The summed E-state index contributed by atoms with van der Waals surface area (Å²) in [6.07, 6.45) is 8.32. The van der Waals surface area contributed by atoms with Gasteiger partial charge in [-0.25, -0.2) is 0 Å². The van der Waals surface area contributed by atoms with Crippen LogP contribution in [0.2, 0.25) is 0 Å². The number of nitrogens with zero attached hydrogens (tertiary/aromatic N) is 2. The number of fused-ring (bicyclic) bond motifs is 1. The van der Waals surface area contributed by atoms with Crippen LogP contribution in [0.15, 0.2) is 48.8 Å². The topological polar surface area (TPSA) is 67.3 Å². The van der Waals surface area contributed by atoms with Crippen LogP contribution in [0.1, 0.15) is 42.5 Å². The largest absolute Gasteiger partial charge is 0.495 e. The van der Waals surface area contributed by atoms with Crippen LogP contribution in [0.3, 0.4) is 0 Å². The van der Waals surface area contributed by atoms with Crippen molar-refractivity contribution in [3.8, 4) is 5.75 Å². The second kappa shape index (κ2) is 8.67. The molecule has 2 unspecified atom stereocenters. The molecule has 2 N–H and O–H groups in total. The van der Waals surface area contributed by atoms with Crippen LogP contribution in [0.25, 0.3) is 10.9 Å². The molecule has 3 aromatic rings. The van der Waals surface area contributed by atoms with E-state index in [9.17, 15) is 5.11 Å². The molecule has 5 heteroatoms. The number of methoxy groups -OCH3 is 1. The van der Waals surface area contributed by atoms with E-state index in [1.807, 2.05) is 24.4 Å². The van der Waals surface area contributed by atoms with Crippen LogP contribution < -0.4 is 10.1 Å². The highest BCUT2D eigenvalue weighted by Gasteiger charge is 2.22. The number of nitrogens with one attached hydrogen (secondary N) is 1. The van der Waals surface area contributed by atoms with Crippen molar-refractivity contribution in [1.29, 1.82) is 0 Å². The summed E-state index contributed by atoms with van der Waals surface area (Å²) in [5.41, 5.74) is 4.33. The number of aliphatic hydroxyl groups is 1. The number of benzene rings is 1. The van der Waals surface area contributed by atoms with Gasteiger partial charge in [0.05, 0.1) is 30.6 Å². The zero-order valence-electron chi connectivity index (χ0n) is 16.3. The van der Waals surface area contributed by atoms with Crippen LogP contribution in [-0.2, 0) is 13.0 Å². The molecule has 4 rings (SSSR count). The minimum absolute atomic E-state index is 0.160. The Hall–Kier alpha value is -2.50. The van der Waals surface area contributed by atoms with Gasteiger partial charge in [-0.15, -0.1) is 0 Å². The first-order valence-electron chi connectivity index (χ1n) is 10.00. The van der Waals surface area contributed by atoms with E-state index in [2.05, 4.69) is 28.5 Å². The molecule has 2 aromatic heterocycles. The Morgan fingerprint density at radius 1 is 1.14 bits per heavy atom. The number of hydrogen-bond acceptors (Lipinski definition) is 5. The minimum atomic E-state index is -0.253. The third kappa shape index (κ3) is 4.32. The number of pyridine rings is 2. The van der Waals surface area contributed by atoms with Gasteiger partial charge in [-0.05, 0) is 48.6 Å². The number of aromatic nitrogens is 2. The summed E-state index contributed by atoms with van der Waals surface area (Å²) >= 11 is 0. The van der Waals surface area contributed by atoms with Gasteiger partial charge < -0.3 is 15.2 Å². The zero-order chi connectivity index (χ0) is 19.3. The van der Waals surface area contributed by atoms with E-state index in [4.69, 9.17) is 9.72 Å². The average molecular weight is 377 g/mol. The highest BCUT2D eigenvalue weighted by atomic mass is 16.5. The third-order valence-electron chi connectivity index (χ3n) is 5.53. The number of aliphatic hydroxyl groups excluding tert-OH is 1. The smallest absolute Gasteiger partial charge is 0.137 e. The molecule has 1 aliphatic carbocycles. The molecule has 0 spiro atoms. The normalized spacial score (nSPS) is 19.6. The highest BCUT2D eigenvalue weighted by molar-refractivity contribution is 5.82. The number of hydrogen-bond donors (Lipinski definition) is 2. The zero-order valence-corrected chi connectivity index (χ0v) is 16.3. The summed E-state index contributed by atoms with van der Waals surface area (Å²) in [6, 6.07) is 12.6. The summed E-state index contributed by atoms with van der Waals surface area (Å²) in [5.74, 6) is 0.768. The molecule has 0 radical (unpaired) electrons. The summed E-state index contributed by atoms with van der Waals surface area (Å²) in [4.78, 5) is 9.12. The Kier molecular flexibility index (Phi) is 5.84. The second-order valence-electron chi connectivity index (χ2n) is 7.54. The van der Waals surface area contributed by atoms with Gasteiger partial charge in [0, 0.05) is 24.2 Å². The van der Waals surface area contributed by atoms with Gasteiger partial charge in [0.2, 0.25) is 0 Å². The first kappa shape index (κ1) is 18.8. The van der Waals surface area contributed by atoms with Gasteiger partial charge in [0.1, 0.15) is 5.75 Å². The van der Waals surface area contributed by atoms with E-state index in [0.29, 0.717) is 6.54 Å². The van der Waals surface area contributed by atoms with Crippen LogP contribution in [0.5, 0.6) is 5.75 Å². The van der Waals surface area contributed by atoms with Gasteiger partial charge in [-0.2, -0.15) is 0 Å². The number of ether oxygens (including phenoxy) is 1. The van der Waals surface area contributed by atoms with Gasteiger partial charge in [0.15, 0.2) is 0 Å². The molecule has 0 amide bonds. The summed E-state index contributed by atoms with van der Waals surface area (Å²) in [6.45, 7) is 0.663. The fourth-order valence-corrected chi connectivity index (χ4v) is 4.02. The first-order chi connectivity index (χ1) is 13.7. The minimum Gasteiger partial charge on any atom is -0.495 e. The predicted octanol–water partition coefficient (Wildman–Crippen LogP) is 3.62. The molecule has 2 atom stereocenters. The highest BCUT2D eigenvalue weighted by Crippen LogP contribution is 2.23. The molecule has 5 nitrogen and oxygen atoms in total. The monoisotopic (exact) mass is 377 g/mol. The molecule has 0 bridgehead atoms. The Bertz CT molecular complexity index is 944. The van der Waals surface area contributed by atoms with E-state index in [1.54, 1.807) is 13.3 Å². The van der Waals surface area contributed by atoms with Crippen molar-refractivity contribution in [3.05, 3.63) is 65.6 Å². The lowest BCUT2D eigenvalue weighted by Crippen LogP contribution is -2.41. The molecule has 146 valence electrons. The van der Waals surface area contributed by atoms with E-state index in [1.165, 1.54) is 12.0 Å². The Morgan fingerprint density at radius 2 is 2.00 bits per heavy atom. The van der Waals surface area contributed by atoms with Gasteiger partial charge in [0.25, 0.3) is 0 Å². The van der Waals surface area contributed by atoms with Crippen molar-refractivity contribution in [2.24, 2.45) is 0 Å². The number of rotatable bonds is 6. The lowest BCUT2D eigenvalue weighted by molar-refractivity contribution is 0.0901. The first-order valence-corrected chi connectivity index (χ1v) is 10.00. The van der Waals surface area contributed by atoms with Crippen molar-refractivity contribution in [2.45, 2.75) is 50.8 Å². The molecule has 0 saturated heterocycles. The number of para-hydroxylation sites is 1. The lowest BCUT2D eigenvalue weighted by atomic mass is 9.92. The summed E-state index contributed by atoms with van der Waals surface area (Å²) in [5, 5.41) is 14.9. The quantitative estimate of drug-likeness (QED) is 0.687. The van der Waals surface area contributed by atoms with E-state index >= 15 is 0 Å². The molecule has 1 aliphatic rings. The predicted molar refractivity (Wildman–Crippen MR) is 110 cm³/mol. The van der Waals surface area contributed by atoms with Crippen LogP contribution in [-0.4, -0.2) is 34.3 Å². The third-order valence-corrected chi connectivity index (χ3v) is 5.53. The standard InChI is InChI=1S/C23H27N3O2/c1-28-19-11-16(13-24-15-19)10-17-12-18(26-21-7-3-2-6-20(17)21)14-25-22-8-4-5-9-23(22)27/h2-3,6-7,11-13,15,22-23,25,27H,4-5,8-10,14H2,1H3. The molecule has 1 aromatic carbocycles. The van der Waals surface area contributed by atoms with Crippen LogP contribution in [0.4, 0.5) is 0 Å². The van der Waals surface area contributed by atoms with Crippen molar-refractivity contribution in [3.63, 3.8) is 0 Å². The molecule has 0 aliphatic heterocycles. The van der Waals surface area contributed by atoms with E-state index in [-0.39, 0.29) is 12.1 Å². The van der Waals surface area contributed by atoms with Crippen molar-refractivity contribution < 1.29 is 9.84 Å². The maximum Gasteiger partial charge on any atom is 0.137 e. The maximum absolute atomic E-state index is 10.2. The van der Waals surface area contributed by atoms with Gasteiger partial charge in [-0.3, -0.25) is 9.97 Å². The van der Waals surface area contributed by atoms with Gasteiger partial charge >= 0.3 is 0 Å². The van der Waals surface area contributed by atoms with E-state index < -0.39 is 0 Å². The van der Waals surface area contributed by atoms with Gasteiger partial charge in [-0.1, -0.05) is 31.0 Å². The Labute approximate surface area is 165 Å². The van der Waals surface area contributed by atoms with Crippen LogP contribution >= 0.6 is 0 Å². The average Bonchev–Trinajstić information content (AvgIpc) is 2.73. The molecule has 28 heavy (non-hydrogen) atoms. The SMILES string of the molecule is COc1cncc(Cc2cc(CNC3CCCCC3O)nc3ccccc23)c1. The molecule has 2 heterocycles. The lowest BCUT2D eigenvalue weighted by Gasteiger charge is -2.28. The second-order valence-corrected chi connectivity index (χ2v) is 7.54. The molecule has 1 saturated carbocycles. The van der Waals surface area contributed by atoms with Crippen molar-refractivity contribution >= 4 is 10.9 Å².